The lowest BCUT2D eigenvalue weighted by molar-refractivity contribution is -0.290. The number of hydrogen-bond acceptors (Lipinski definition) is 4. The molecule has 0 fully saturated rings. The molecule has 0 aliphatic rings. The summed E-state index contributed by atoms with van der Waals surface area (Å²) in [6, 6.07) is 6.08. The van der Waals surface area contributed by atoms with E-state index < -0.39 is 0 Å². The Bertz CT molecular complexity index is 554. The highest BCUT2D eigenvalue weighted by Gasteiger charge is 2.31. The second kappa shape index (κ2) is 9.56. The normalized spacial score (nSPS) is 16.2. The van der Waals surface area contributed by atoms with E-state index in [1.807, 2.05) is 18.2 Å². The summed E-state index contributed by atoms with van der Waals surface area (Å²) in [5.74, 6) is 0. The first kappa shape index (κ1) is 22.0. The fourth-order valence-electron chi connectivity index (χ4n) is 2.30. The standard InChI is InChI=1S/C15H23Br2N5S2/c1-14(8-16,23-12(18)19)6-10-4-3-5-11(22-10)7-15(2,9-17)24-13(20)21/h3-5H,6-9H2,1-2H3,(H3,18,19)(H3,20,21)/p+2. The Kier molecular flexibility index (Phi) is 8.75. The third-order valence-electron chi connectivity index (χ3n) is 3.27. The molecule has 1 aromatic heterocycles. The monoisotopic (exact) mass is 497 g/mol. The number of rotatable bonds is 8. The van der Waals surface area contributed by atoms with Crippen molar-refractivity contribution in [2.24, 2.45) is 5.73 Å². The average molecular weight is 499 g/mol. The van der Waals surface area contributed by atoms with Gasteiger partial charge in [0, 0.05) is 56.1 Å². The van der Waals surface area contributed by atoms with E-state index in [-0.39, 0.29) is 14.7 Å². The third kappa shape index (κ3) is 7.43. The van der Waals surface area contributed by atoms with Gasteiger partial charge in [0.15, 0.2) is 5.17 Å². The predicted octanol–water partition coefficient (Wildman–Crippen LogP) is 1.19. The van der Waals surface area contributed by atoms with Crippen molar-refractivity contribution < 1.29 is 11.1 Å². The molecule has 1 aromatic rings. The molecule has 0 aliphatic heterocycles. The predicted molar refractivity (Wildman–Crippen MR) is 113 cm³/mol. The topological polar surface area (TPSA) is 116 Å². The summed E-state index contributed by atoms with van der Waals surface area (Å²) in [7, 11) is 0. The smallest absolute Gasteiger partial charge is 0.379 e. The highest BCUT2D eigenvalue weighted by Crippen LogP contribution is 2.32. The Hall–Kier alpha value is -0.0900. The number of aromatic nitrogens is 1. The highest BCUT2D eigenvalue weighted by atomic mass is 79.9. The lowest BCUT2D eigenvalue weighted by Gasteiger charge is -2.26. The van der Waals surface area contributed by atoms with Crippen LogP contribution in [0.5, 0.6) is 0 Å². The van der Waals surface area contributed by atoms with Gasteiger partial charge in [0.25, 0.3) is 0 Å². The van der Waals surface area contributed by atoms with Crippen LogP contribution in [0.1, 0.15) is 25.2 Å². The van der Waals surface area contributed by atoms with Crippen LogP contribution in [0.15, 0.2) is 18.2 Å². The maximum absolute atomic E-state index is 7.54. The van der Waals surface area contributed by atoms with E-state index in [9.17, 15) is 0 Å². The molecule has 8 N–H and O–H groups in total. The van der Waals surface area contributed by atoms with Crippen LogP contribution in [-0.2, 0) is 12.8 Å². The van der Waals surface area contributed by atoms with E-state index in [1.165, 1.54) is 11.8 Å². The lowest BCUT2D eigenvalue weighted by atomic mass is 10.0. The van der Waals surface area contributed by atoms with Crippen LogP contribution in [0, 0.1) is 5.41 Å². The van der Waals surface area contributed by atoms with Gasteiger partial charge in [0.1, 0.15) is 0 Å². The number of hydrogen-bond donors (Lipinski definition) is 4. The molecule has 0 radical (unpaired) electrons. The fraction of sp³-hybridized carbons (Fsp3) is 0.533. The van der Waals surface area contributed by atoms with E-state index in [0.29, 0.717) is 5.17 Å². The molecule has 9 heteroatoms. The minimum absolute atomic E-state index is 0.0929. The number of thioether (sulfide) groups is 2. The second-order valence-corrected chi connectivity index (χ2v) is 10.6. The molecule has 0 saturated carbocycles. The molecule has 1 rings (SSSR count). The number of nitrogens with two attached hydrogens (primary N) is 2. The van der Waals surface area contributed by atoms with Crippen molar-refractivity contribution in [1.29, 1.82) is 5.41 Å². The number of pyridine rings is 1. The van der Waals surface area contributed by atoms with Crippen molar-refractivity contribution in [3.05, 3.63) is 29.6 Å². The largest absolute Gasteiger partial charge is 0.392 e. The van der Waals surface area contributed by atoms with Gasteiger partial charge in [-0.2, -0.15) is 0 Å². The molecule has 0 spiro atoms. The molecule has 24 heavy (non-hydrogen) atoms. The van der Waals surface area contributed by atoms with Gasteiger partial charge in [-0.3, -0.25) is 16.1 Å². The van der Waals surface area contributed by atoms with Crippen molar-refractivity contribution >= 4 is 65.7 Å². The van der Waals surface area contributed by atoms with Crippen LogP contribution in [0.3, 0.4) is 0 Å². The van der Waals surface area contributed by atoms with Gasteiger partial charge in [-0.25, -0.2) is 5.41 Å². The molecular formula is C15H25Br2N5S2+2. The molecule has 2 unspecified atom stereocenters. The number of alkyl halides is 2. The molecular weight excluding hydrogens is 474 g/mol. The SMILES string of the molecule is CC(CBr)(Cc1cccc(CC(C)(CBr)SC(=[NH2+])[NH3+])n1)SC(=N)N. The third-order valence-corrected chi connectivity index (χ3v) is 8.54. The van der Waals surface area contributed by atoms with Crippen LogP contribution in [0.2, 0.25) is 0 Å². The molecule has 0 amide bonds. The van der Waals surface area contributed by atoms with E-state index >= 15 is 0 Å². The summed E-state index contributed by atoms with van der Waals surface area (Å²) in [4.78, 5) is 4.80. The highest BCUT2D eigenvalue weighted by molar-refractivity contribution is 9.09. The molecule has 5 nitrogen and oxygen atoms in total. The van der Waals surface area contributed by atoms with Crippen LogP contribution in [0.25, 0.3) is 0 Å². The van der Waals surface area contributed by atoms with Gasteiger partial charge < -0.3 is 5.73 Å². The van der Waals surface area contributed by atoms with Crippen molar-refractivity contribution in [3.63, 3.8) is 0 Å². The van der Waals surface area contributed by atoms with Crippen molar-refractivity contribution in [2.75, 3.05) is 10.7 Å². The molecule has 0 aliphatic carbocycles. The fourth-order valence-corrected chi connectivity index (χ4v) is 5.09. The Morgan fingerprint density at radius 2 is 1.67 bits per heavy atom. The number of nitrogens with one attached hydrogen (secondary N) is 1. The quantitative estimate of drug-likeness (QED) is 0.244. The summed E-state index contributed by atoms with van der Waals surface area (Å²) < 4.78 is -0.291. The molecule has 0 aromatic carbocycles. The maximum atomic E-state index is 7.54. The van der Waals surface area contributed by atoms with Crippen LogP contribution in [0.4, 0.5) is 0 Å². The van der Waals surface area contributed by atoms with E-state index in [2.05, 4.69) is 51.4 Å². The van der Waals surface area contributed by atoms with Gasteiger partial charge in [-0.1, -0.05) is 49.7 Å². The minimum atomic E-state index is -0.198. The van der Waals surface area contributed by atoms with Crippen LogP contribution < -0.4 is 16.9 Å². The van der Waals surface area contributed by atoms with Crippen molar-refractivity contribution in [1.82, 2.24) is 4.98 Å². The molecule has 1 heterocycles. The first-order valence-corrected chi connectivity index (χ1v) is 11.2. The van der Waals surface area contributed by atoms with Gasteiger partial charge >= 0.3 is 5.17 Å². The summed E-state index contributed by atoms with van der Waals surface area (Å²) in [6.45, 7) is 4.23. The maximum Gasteiger partial charge on any atom is 0.392 e. The Balaban J connectivity index is 2.93. The van der Waals surface area contributed by atoms with Crippen molar-refractivity contribution in [3.8, 4) is 0 Å². The summed E-state index contributed by atoms with van der Waals surface area (Å²) in [5.41, 5.74) is 11.4. The Morgan fingerprint density at radius 3 is 2.04 bits per heavy atom. The number of quaternary nitrogens is 1. The summed E-state index contributed by atoms with van der Waals surface area (Å²) >= 11 is 10.0. The number of halogens is 2. The van der Waals surface area contributed by atoms with E-state index in [1.54, 1.807) is 11.8 Å². The molecule has 134 valence electrons. The van der Waals surface area contributed by atoms with E-state index in [4.69, 9.17) is 21.5 Å². The van der Waals surface area contributed by atoms with Gasteiger partial charge in [0.2, 0.25) is 0 Å². The second-order valence-electron chi connectivity index (χ2n) is 6.18. The summed E-state index contributed by atoms with van der Waals surface area (Å²) in [6.07, 6.45) is 1.52. The number of amidine groups is 2. The lowest BCUT2D eigenvalue weighted by Crippen LogP contribution is -2.69. The Morgan fingerprint density at radius 1 is 1.21 bits per heavy atom. The first-order valence-electron chi connectivity index (χ1n) is 7.34. The molecule has 0 bridgehead atoms. The summed E-state index contributed by atoms with van der Waals surface area (Å²) in [5, 5.41) is 15.6. The number of nitrogens with zero attached hydrogens (tertiary/aromatic N) is 1. The van der Waals surface area contributed by atoms with Crippen molar-refractivity contribution in [2.45, 2.75) is 36.2 Å². The first-order chi connectivity index (χ1) is 11.1. The zero-order valence-electron chi connectivity index (χ0n) is 13.9. The van der Waals surface area contributed by atoms with Gasteiger partial charge in [0.05, 0.1) is 0 Å². The minimum Gasteiger partial charge on any atom is -0.379 e. The zero-order valence-corrected chi connectivity index (χ0v) is 18.7. The van der Waals surface area contributed by atoms with Crippen LogP contribution >= 0.6 is 55.4 Å². The Labute approximate surface area is 168 Å². The average Bonchev–Trinajstić information content (AvgIpc) is 2.45. The van der Waals surface area contributed by atoms with Crippen LogP contribution in [-0.4, -0.2) is 35.5 Å². The van der Waals surface area contributed by atoms with Gasteiger partial charge in [-0.15, -0.1) is 0 Å². The van der Waals surface area contributed by atoms with E-state index in [0.717, 1.165) is 34.9 Å². The van der Waals surface area contributed by atoms with Gasteiger partial charge in [-0.05, 0) is 26.0 Å². The molecule has 0 saturated heterocycles. The molecule has 2 atom stereocenters. The zero-order chi connectivity index (χ0) is 18.4.